The van der Waals surface area contributed by atoms with Crippen molar-refractivity contribution >= 4 is 58.8 Å². The van der Waals surface area contributed by atoms with Crippen LogP contribution in [0.3, 0.4) is 0 Å². The summed E-state index contributed by atoms with van der Waals surface area (Å²) in [6.07, 6.45) is 1.75. The van der Waals surface area contributed by atoms with E-state index in [1.165, 1.54) is 0 Å². The zero-order chi connectivity index (χ0) is 24.1. The molecule has 0 bridgehead atoms. The number of nitrogens with zero attached hydrogens (tertiary/aromatic N) is 1. The highest BCUT2D eigenvalue weighted by atomic mass is 35.5. The average Bonchev–Trinajstić information content (AvgIpc) is 3.25. The van der Waals surface area contributed by atoms with Crippen LogP contribution < -0.4 is 20.9 Å². The lowest BCUT2D eigenvalue weighted by molar-refractivity contribution is -0.118. The summed E-state index contributed by atoms with van der Waals surface area (Å²) in [7, 11) is 0. The molecular weight excluding hydrogens is 485 g/mol. The monoisotopic (exact) mass is 511 g/mol. The lowest BCUT2D eigenvalue weighted by Gasteiger charge is -2.22. The van der Waals surface area contributed by atoms with Gasteiger partial charge in [-0.1, -0.05) is 41.9 Å². The summed E-state index contributed by atoms with van der Waals surface area (Å²) in [6.45, 7) is 2.79. The summed E-state index contributed by atoms with van der Waals surface area (Å²) in [4.78, 5) is 27.9. The molecule has 1 aliphatic rings. The Morgan fingerprint density at radius 1 is 0.971 bits per heavy atom. The fraction of sp³-hybridized carbons (Fsp3) is 0.192. The van der Waals surface area contributed by atoms with E-state index in [0.29, 0.717) is 27.8 Å². The van der Waals surface area contributed by atoms with Gasteiger partial charge in [0.2, 0.25) is 0 Å². The SMILES string of the molecule is Cc1cc(NC(=O)[C@H](NC(=O)Nc2ccc(Cl)cc2)c2ccccc2)ccc1N1CCCC1=N.Cl. The molecule has 0 radical (unpaired) electrons. The largest absolute Gasteiger partial charge is 0.330 e. The van der Waals surface area contributed by atoms with E-state index in [0.717, 1.165) is 30.6 Å². The standard InChI is InChI=1S/C26H26ClN5O2.ClH/c1-17-16-21(13-14-22(17)32-15-5-8-23(32)28)29-25(33)24(18-6-3-2-4-7-18)31-26(34)30-20-11-9-19(27)10-12-20;/h2-4,6-7,9-14,16,24,28H,5,8,15H2,1H3,(H,29,33)(H2,30,31,34);1H/t24-;/m1./s1. The molecule has 3 aromatic carbocycles. The Hall–Kier alpha value is -3.55. The molecule has 1 heterocycles. The molecule has 1 atom stereocenters. The Bertz CT molecular complexity index is 1200. The Kier molecular flexibility index (Phi) is 8.73. The molecule has 7 nitrogen and oxygen atoms in total. The first-order valence-corrected chi connectivity index (χ1v) is 11.4. The number of rotatable bonds is 6. The number of nitrogens with one attached hydrogen (secondary N) is 4. The minimum absolute atomic E-state index is 0. The molecule has 1 aliphatic heterocycles. The summed E-state index contributed by atoms with van der Waals surface area (Å²) in [5.41, 5.74) is 3.78. The molecule has 4 N–H and O–H groups in total. The van der Waals surface area contributed by atoms with Gasteiger partial charge in [-0.15, -0.1) is 12.4 Å². The third-order valence-corrected chi connectivity index (χ3v) is 5.90. The summed E-state index contributed by atoms with van der Waals surface area (Å²) in [5, 5.41) is 17.1. The molecule has 1 fully saturated rings. The van der Waals surface area contributed by atoms with Crippen LogP contribution in [-0.2, 0) is 4.79 Å². The number of benzene rings is 3. The van der Waals surface area contributed by atoms with Gasteiger partial charge in [-0.3, -0.25) is 10.2 Å². The lowest BCUT2D eigenvalue weighted by atomic mass is 10.1. The Morgan fingerprint density at radius 2 is 1.66 bits per heavy atom. The minimum atomic E-state index is -0.903. The number of amidine groups is 1. The number of aryl methyl sites for hydroxylation is 1. The first kappa shape index (κ1) is 26.1. The zero-order valence-electron chi connectivity index (χ0n) is 19.2. The van der Waals surface area contributed by atoms with Crippen LogP contribution in [0.1, 0.15) is 30.0 Å². The lowest BCUT2D eigenvalue weighted by Crippen LogP contribution is -2.39. The highest BCUT2D eigenvalue weighted by Gasteiger charge is 2.24. The van der Waals surface area contributed by atoms with Crippen molar-refractivity contribution in [1.82, 2.24) is 5.32 Å². The van der Waals surface area contributed by atoms with Crippen LogP contribution in [-0.4, -0.2) is 24.3 Å². The normalized spacial score (nSPS) is 13.5. The number of carbonyl (C=O) groups excluding carboxylic acids is 2. The van der Waals surface area contributed by atoms with Crippen LogP contribution in [0.25, 0.3) is 0 Å². The van der Waals surface area contributed by atoms with Gasteiger partial charge in [0.1, 0.15) is 11.9 Å². The van der Waals surface area contributed by atoms with Gasteiger partial charge in [-0.2, -0.15) is 0 Å². The van der Waals surface area contributed by atoms with E-state index in [1.54, 1.807) is 36.4 Å². The molecule has 0 saturated carbocycles. The summed E-state index contributed by atoms with van der Waals surface area (Å²) in [5.74, 6) is 0.249. The molecule has 35 heavy (non-hydrogen) atoms. The van der Waals surface area contributed by atoms with E-state index >= 15 is 0 Å². The topological polar surface area (TPSA) is 97.3 Å². The second kappa shape index (κ2) is 11.7. The predicted octanol–water partition coefficient (Wildman–Crippen LogP) is 6.15. The number of urea groups is 1. The molecule has 182 valence electrons. The van der Waals surface area contributed by atoms with Gasteiger partial charge in [-0.05, 0) is 66.9 Å². The van der Waals surface area contributed by atoms with E-state index < -0.39 is 12.1 Å². The van der Waals surface area contributed by atoms with Gasteiger partial charge >= 0.3 is 6.03 Å². The molecule has 3 amide bonds. The zero-order valence-corrected chi connectivity index (χ0v) is 20.7. The van der Waals surface area contributed by atoms with Crippen LogP contribution >= 0.6 is 24.0 Å². The van der Waals surface area contributed by atoms with Crippen molar-refractivity contribution in [2.24, 2.45) is 0 Å². The highest BCUT2D eigenvalue weighted by molar-refractivity contribution is 6.30. The Balaban J connectivity index is 0.00000342. The Morgan fingerprint density at radius 3 is 2.29 bits per heavy atom. The average molecular weight is 512 g/mol. The van der Waals surface area contributed by atoms with Crippen LogP contribution in [0.15, 0.2) is 72.8 Å². The molecule has 9 heteroatoms. The number of halogens is 2. The maximum absolute atomic E-state index is 13.2. The van der Waals surface area contributed by atoms with Crippen molar-refractivity contribution < 1.29 is 9.59 Å². The van der Waals surface area contributed by atoms with Crippen molar-refractivity contribution in [3.05, 3.63) is 88.9 Å². The molecule has 1 saturated heterocycles. The van der Waals surface area contributed by atoms with Gasteiger partial charge in [0.25, 0.3) is 5.91 Å². The summed E-state index contributed by atoms with van der Waals surface area (Å²) >= 11 is 5.90. The quantitative estimate of drug-likeness (QED) is 0.319. The Labute approximate surface area is 215 Å². The molecule has 0 aromatic heterocycles. The van der Waals surface area contributed by atoms with E-state index in [2.05, 4.69) is 16.0 Å². The fourth-order valence-electron chi connectivity index (χ4n) is 3.97. The van der Waals surface area contributed by atoms with Gasteiger partial charge in [0.05, 0.1) is 0 Å². The van der Waals surface area contributed by atoms with Gasteiger partial charge in [-0.25, -0.2) is 4.79 Å². The molecule has 4 rings (SSSR count). The van der Waals surface area contributed by atoms with Gasteiger partial charge in [0.15, 0.2) is 0 Å². The van der Waals surface area contributed by atoms with Crippen molar-refractivity contribution in [2.75, 3.05) is 22.1 Å². The number of amides is 3. The minimum Gasteiger partial charge on any atom is -0.330 e. The van der Waals surface area contributed by atoms with E-state index in [9.17, 15) is 9.59 Å². The van der Waals surface area contributed by atoms with Gasteiger partial charge in [0, 0.05) is 35.1 Å². The molecule has 0 unspecified atom stereocenters. The number of anilines is 3. The van der Waals surface area contributed by atoms with Crippen molar-refractivity contribution in [2.45, 2.75) is 25.8 Å². The van der Waals surface area contributed by atoms with Crippen LogP contribution in [0, 0.1) is 12.3 Å². The highest BCUT2D eigenvalue weighted by Crippen LogP contribution is 2.28. The fourth-order valence-corrected chi connectivity index (χ4v) is 4.09. The number of hydrogen-bond acceptors (Lipinski definition) is 3. The molecular formula is C26H27Cl2N5O2. The van der Waals surface area contributed by atoms with Crippen molar-refractivity contribution in [3.63, 3.8) is 0 Å². The van der Waals surface area contributed by atoms with Gasteiger partial charge < -0.3 is 20.9 Å². The molecule has 3 aromatic rings. The first-order valence-electron chi connectivity index (χ1n) is 11.1. The summed E-state index contributed by atoms with van der Waals surface area (Å²) < 4.78 is 0. The number of carbonyl (C=O) groups is 2. The van der Waals surface area contributed by atoms with Crippen LogP contribution in [0.2, 0.25) is 5.02 Å². The van der Waals surface area contributed by atoms with E-state index in [4.69, 9.17) is 17.0 Å². The third-order valence-electron chi connectivity index (χ3n) is 5.65. The first-order chi connectivity index (χ1) is 16.4. The van der Waals surface area contributed by atoms with Crippen LogP contribution in [0.4, 0.5) is 21.9 Å². The number of hydrogen-bond donors (Lipinski definition) is 4. The van der Waals surface area contributed by atoms with E-state index in [-0.39, 0.29) is 18.3 Å². The third kappa shape index (κ3) is 6.53. The van der Waals surface area contributed by atoms with E-state index in [1.807, 2.05) is 48.2 Å². The molecule has 0 spiro atoms. The maximum Gasteiger partial charge on any atom is 0.320 e. The maximum atomic E-state index is 13.2. The molecule has 0 aliphatic carbocycles. The second-order valence-electron chi connectivity index (χ2n) is 8.14. The van der Waals surface area contributed by atoms with Crippen LogP contribution in [0.5, 0.6) is 0 Å². The van der Waals surface area contributed by atoms with Crippen molar-refractivity contribution in [1.29, 1.82) is 5.41 Å². The second-order valence-corrected chi connectivity index (χ2v) is 8.58. The van der Waals surface area contributed by atoms with Crippen molar-refractivity contribution in [3.8, 4) is 0 Å². The smallest absolute Gasteiger partial charge is 0.320 e. The summed E-state index contributed by atoms with van der Waals surface area (Å²) in [6, 6.07) is 20.0. The predicted molar refractivity (Wildman–Crippen MR) is 144 cm³/mol.